The standard InChI is InChI=1S/C6H14N.Pt/c1-2-3-4-5-6-7;/h6H,2-5,7H2,1H3;. The van der Waals surface area contributed by atoms with E-state index < -0.39 is 0 Å². The van der Waals surface area contributed by atoms with Gasteiger partial charge in [-0.1, -0.05) is 0 Å². The molecular weight excluding hydrogens is 281 g/mol. The van der Waals surface area contributed by atoms with Gasteiger partial charge in [0.15, 0.2) is 0 Å². The number of hydrogen-bond donors (Lipinski definition) is 1. The van der Waals surface area contributed by atoms with Crippen LogP contribution in [0.2, 0.25) is 0 Å². The van der Waals surface area contributed by atoms with Crippen LogP contribution in [0.5, 0.6) is 0 Å². The zero-order valence-electron chi connectivity index (χ0n) is 5.30. The van der Waals surface area contributed by atoms with Gasteiger partial charge in [0.05, 0.1) is 0 Å². The molecule has 0 aromatic carbocycles. The third-order valence-corrected chi connectivity index (χ3v) is 1.72. The van der Waals surface area contributed by atoms with Gasteiger partial charge in [-0.3, -0.25) is 0 Å². The van der Waals surface area contributed by atoms with Gasteiger partial charge in [0.1, 0.15) is 0 Å². The van der Waals surface area contributed by atoms with Crippen molar-refractivity contribution in [1.82, 2.24) is 0 Å². The first-order valence-corrected chi connectivity index (χ1v) is 4.44. The third-order valence-electron chi connectivity index (χ3n) is 1.07. The second kappa shape index (κ2) is 5.78. The van der Waals surface area contributed by atoms with E-state index in [9.17, 15) is 0 Å². The van der Waals surface area contributed by atoms with E-state index in [1.807, 2.05) is 0 Å². The summed E-state index contributed by atoms with van der Waals surface area (Å²) < 4.78 is 0.376. The van der Waals surface area contributed by atoms with Crippen LogP contribution in [0, 0.1) is 0 Å². The van der Waals surface area contributed by atoms with Crippen molar-refractivity contribution in [3.8, 4) is 0 Å². The van der Waals surface area contributed by atoms with Gasteiger partial charge in [0.25, 0.3) is 0 Å². The summed E-state index contributed by atoms with van der Waals surface area (Å²) in [5.74, 6) is 0. The number of unbranched alkanes of at least 4 members (excludes halogenated alkanes) is 2. The Labute approximate surface area is 62.9 Å². The van der Waals surface area contributed by atoms with E-state index in [1.165, 1.54) is 25.7 Å². The SMILES string of the molecule is CCCCC[CH](N)[Pt]. The molecule has 0 aliphatic heterocycles. The third kappa shape index (κ3) is 6.65. The summed E-state index contributed by atoms with van der Waals surface area (Å²) in [6.45, 7) is 2.21. The van der Waals surface area contributed by atoms with Crippen molar-refractivity contribution in [2.45, 2.75) is 37.0 Å². The molecule has 2 heteroatoms. The summed E-state index contributed by atoms with van der Waals surface area (Å²) in [6.07, 6.45) is 5.09. The predicted octanol–water partition coefficient (Wildman–Crippen LogP) is 1.40. The van der Waals surface area contributed by atoms with E-state index in [0.717, 1.165) is 0 Å². The van der Waals surface area contributed by atoms with Crippen LogP contribution in [-0.4, -0.2) is 4.43 Å². The fourth-order valence-corrected chi connectivity index (χ4v) is 1.04. The molecule has 0 amide bonds. The second-order valence-electron chi connectivity index (χ2n) is 1.97. The van der Waals surface area contributed by atoms with Gasteiger partial charge in [0.2, 0.25) is 0 Å². The van der Waals surface area contributed by atoms with Crippen LogP contribution in [0.1, 0.15) is 32.6 Å². The fourth-order valence-electron chi connectivity index (χ4n) is 0.577. The average Bonchev–Trinajstić information content (AvgIpc) is 1.66. The predicted molar refractivity (Wildman–Crippen MR) is 32.1 cm³/mol. The van der Waals surface area contributed by atoms with E-state index in [4.69, 9.17) is 5.73 Å². The quantitative estimate of drug-likeness (QED) is 0.780. The molecule has 0 bridgehead atoms. The monoisotopic (exact) mass is 295 g/mol. The molecule has 0 aliphatic rings. The molecule has 0 radical (unpaired) electrons. The molecule has 0 aromatic heterocycles. The molecule has 1 unspecified atom stereocenters. The summed E-state index contributed by atoms with van der Waals surface area (Å²) >= 11 is 2.25. The Morgan fingerprint density at radius 2 is 2.12 bits per heavy atom. The van der Waals surface area contributed by atoms with Gasteiger partial charge in [-0.2, -0.15) is 0 Å². The minimum atomic E-state index is 0.376. The van der Waals surface area contributed by atoms with Crippen molar-refractivity contribution in [3.05, 3.63) is 0 Å². The summed E-state index contributed by atoms with van der Waals surface area (Å²) in [6, 6.07) is 0. The Morgan fingerprint density at radius 3 is 2.50 bits per heavy atom. The first-order chi connectivity index (χ1) is 3.77. The molecule has 0 saturated carbocycles. The van der Waals surface area contributed by atoms with Crippen LogP contribution >= 0.6 is 0 Å². The summed E-state index contributed by atoms with van der Waals surface area (Å²) in [5.41, 5.74) is 5.52. The van der Waals surface area contributed by atoms with Crippen molar-refractivity contribution in [2.75, 3.05) is 0 Å². The Balaban J connectivity index is 2.72. The number of hydrogen-bond acceptors (Lipinski definition) is 1. The maximum absolute atomic E-state index is 5.52. The van der Waals surface area contributed by atoms with Crippen molar-refractivity contribution >= 4 is 0 Å². The van der Waals surface area contributed by atoms with Gasteiger partial charge in [0, 0.05) is 0 Å². The summed E-state index contributed by atoms with van der Waals surface area (Å²) in [5, 5.41) is 0. The maximum atomic E-state index is 5.52. The molecule has 0 fully saturated rings. The molecule has 8 heavy (non-hydrogen) atoms. The van der Waals surface area contributed by atoms with E-state index in [1.54, 1.807) is 0 Å². The van der Waals surface area contributed by atoms with Crippen LogP contribution in [-0.2, 0) is 19.8 Å². The first kappa shape index (κ1) is 8.65. The Hall–Kier alpha value is 0.648. The van der Waals surface area contributed by atoms with Gasteiger partial charge in [-0.05, 0) is 0 Å². The average molecular weight is 295 g/mol. The molecule has 0 saturated heterocycles. The zero-order valence-corrected chi connectivity index (χ0v) is 7.57. The molecule has 0 spiro atoms. The molecule has 0 heterocycles. The van der Waals surface area contributed by atoms with Gasteiger partial charge in [-0.25, -0.2) is 0 Å². The van der Waals surface area contributed by atoms with Gasteiger partial charge < -0.3 is 0 Å². The van der Waals surface area contributed by atoms with Crippen molar-refractivity contribution in [2.24, 2.45) is 5.73 Å². The van der Waals surface area contributed by atoms with Crippen LogP contribution in [0.4, 0.5) is 0 Å². The Morgan fingerprint density at radius 1 is 1.50 bits per heavy atom. The molecule has 1 atom stereocenters. The second-order valence-corrected chi connectivity index (χ2v) is 3.65. The Kier molecular flexibility index (Phi) is 6.25. The minimum absolute atomic E-state index is 0.376. The number of rotatable bonds is 4. The van der Waals surface area contributed by atoms with Crippen molar-refractivity contribution in [1.29, 1.82) is 0 Å². The van der Waals surface area contributed by atoms with E-state index in [-0.39, 0.29) is 0 Å². The Bertz CT molecular complexity index is 45.8. The molecule has 0 rings (SSSR count). The van der Waals surface area contributed by atoms with Crippen LogP contribution < -0.4 is 5.73 Å². The molecule has 2 N–H and O–H groups in total. The molecule has 1 nitrogen and oxygen atoms in total. The molecule has 0 aliphatic carbocycles. The van der Waals surface area contributed by atoms with Crippen LogP contribution in [0.25, 0.3) is 0 Å². The topological polar surface area (TPSA) is 26.0 Å². The van der Waals surface area contributed by atoms with Crippen molar-refractivity contribution in [3.63, 3.8) is 0 Å². The summed E-state index contributed by atoms with van der Waals surface area (Å²) in [4.78, 5) is 0. The van der Waals surface area contributed by atoms with E-state index in [2.05, 4.69) is 26.7 Å². The molecule has 53 valence electrons. The van der Waals surface area contributed by atoms with Gasteiger partial charge >= 0.3 is 62.6 Å². The summed E-state index contributed by atoms with van der Waals surface area (Å²) in [7, 11) is 0. The fraction of sp³-hybridized carbons (Fsp3) is 1.00. The molecular formula is C6H14NPt. The normalized spacial score (nSPS) is 14.0. The number of nitrogens with two attached hydrogens (primary N) is 1. The van der Waals surface area contributed by atoms with Crippen molar-refractivity contribution < 1.29 is 19.8 Å². The van der Waals surface area contributed by atoms with E-state index >= 15 is 0 Å². The zero-order chi connectivity index (χ0) is 6.41. The van der Waals surface area contributed by atoms with Gasteiger partial charge in [-0.15, -0.1) is 0 Å². The van der Waals surface area contributed by atoms with E-state index in [0.29, 0.717) is 4.43 Å². The van der Waals surface area contributed by atoms with Crippen LogP contribution in [0.15, 0.2) is 0 Å². The van der Waals surface area contributed by atoms with Crippen LogP contribution in [0.3, 0.4) is 0 Å². The molecule has 0 aromatic rings. The first-order valence-electron chi connectivity index (χ1n) is 3.13.